The molecule has 3 rings (SSSR count). The van der Waals surface area contributed by atoms with Gasteiger partial charge < -0.3 is 0 Å². The van der Waals surface area contributed by atoms with Crippen LogP contribution in [0.2, 0.25) is 0 Å². The molecule has 0 spiro atoms. The molecule has 4 nitrogen and oxygen atoms in total. The highest BCUT2D eigenvalue weighted by molar-refractivity contribution is 5.78. The van der Waals surface area contributed by atoms with Crippen molar-refractivity contribution in [3.63, 3.8) is 0 Å². The van der Waals surface area contributed by atoms with Crippen LogP contribution in [0.5, 0.6) is 0 Å². The molecule has 4 heteroatoms. The van der Waals surface area contributed by atoms with E-state index in [1.807, 2.05) is 10.8 Å². The molecule has 1 aliphatic rings. The van der Waals surface area contributed by atoms with E-state index in [4.69, 9.17) is 0 Å². The van der Waals surface area contributed by atoms with Crippen molar-refractivity contribution in [3.8, 4) is 0 Å². The molecule has 2 aromatic heterocycles. The van der Waals surface area contributed by atoms with E-state index in [-0.39, 0.29) is 5.56 Å². The Bertz CT molecular complexity index is 626. The summed E-state index contributed by atoms with van der Waals surface area (Å²) in [4.78, 5) is 20.7. The molecule has 0 N–H and O–H groups in total. The molecule has 2 aromatic rings. The van der Waals surface area contributed by atoms with Crippen molar-refractivity contribution >= 4 is 11.0 Å². The average Bonchev–Trinajstić information content (AvgIpc) is 2.91. The summed E-state index contributed by atoms with van der Waals surface area (Å²) < 4.78 is 1.88. The molecule has 1 aliphatic carbocycles. The molecule has 1 fully saturated rings. The minimum Gasteiger partial charge on any atom is -0.289 e. The fourth-order valence-corrected chi connectivity index (χ4v) is 2.95. The van der Waals surface area contributed by atoms with Crippen molar-refractivity contribution in [2.24, 2.45) is 0 Å². The molecule has 0 saturated heterocycles. The predicted octanol–water partition coefficient (Wildman–Crippen LogP) is 2.47. The van der Waals surface area contributed by atoms with Gasteiger partial charge in [-0.1, -0.05) is 19.8 Å². The first-order valence-corrected chi connectivity index (χ1v) is 6.65. The summed E-state index contributed by atoms with van der Waals surface area (Å²) in [6, 6.07) is 2.07. The lowest BCUT2D eigenvalue weighted by molar-refractivity contribution is 0.515. The van der Waals surface area contributed by atoms with Gasteiger partial charge in [-0.05, 0) is 24.8 Å². The third-order valence-electron chi connectivity index (χ3n) is 3.87. The molecule has 0 atom stereocenters. The predicted molar refractivity (Wildman–Crippen MR) is 70.7 cm³/mol. The van der Waals surface area contributed by atoms with Gasteiger partial charge >= 0.3 is 0 Å². The first kappa shape index (κ1) is 11.4. The molecule has 0 unspecified atom stereocenters. The van der Waals surface area contributed by atoms with Crippen molar-refractivity contribution in [3.05, 3.63) is 34.5 Å². The van der Waals surface area contributed by atoms with Crippen molar-refractivity contribution in [2.45, 2.75) is 45.1 Å². The number of fused-ring (bicyclic) bond motifs is 1. The molecular formula is C14H17N3O. The monoisotopic (exact) mass is 243 g/mol. The zero-order chi connectivity index (χ0) is 12.5. The van der Waals surface area contributed by atoms with Gasteiger partial charge in [0, 0.05) is 23.7 Å². The van der Waals surface area contributed by atoms with Gasteiger partial charge in [-0.15, -0.1) is 0 Å². The van der Waals surface area contributed by atoms with Crippen molar-refractivity contribution in [1.29, 1.82) is 0 Å². The molecule has 0 radical (unpaired) electrons. The summed E-state index contributed by atoms with van der Waals surface area (Å²) >= 11 is 0. The molecule has 0 aromatic carbocycles. The molecule has 1 saturated carbocycles. The largest absolute Gasteiger partial charge is 0.289 e. The van der Waals surface area contributed by atoms with Crippen LogP contribution >= 0.6 is 0 Å². The SMILES string of the molecule is CCc1cc(=O)n(C2CCCC2)c2ncncc12. The van der Waals surface area contributed by atoms with Crippen LogP contribution < -0.4 is 5.56 Å². The second-order valence-corrected chi connectivity index (χ2v) is 4.93. The fourth-order valence-electron chi connectivity index (χ4n) is 2.95. The van der Waals surface area contributed by atoms with E-state index in [0.717, 1.165) is 35.9 Å². The van der Waals surface area contributed by atoms with E-state index in [2.05, 4.69) is 16.9 Å². The Balaban J connectivity index is 2.30. The van der Waals surface area contributed by atoms with Crippen LogP contribution in [0.3, 0.4) is 0 Å². The smallest absolute Gasteiger partial charge is 0.252 e. The Morgan fingerprint density at radius 3 is 2.89 bits per heavy atom. The summed E-state index contributed by atoms with van der Waals surface area (Å²) in [5.41, 5.74) is 1.94. The van der Waals surface area contributed by atoms with E-state index >= 15 is 0 Å². The fraction of sp³-hybridized carbons (Fsp3) is 0.500. The van der Waals surface area contributed by atoms with Gasteiger partial charge in [0.25, 0.3) is 5.56 Å². The molecule has 94 valence electrons. The number of pyridine rings is 1. The van der Waals surface area contributed by atoms with Crippen LogP contribution in [0.15, 0.2) is 23.4 Å². The van der Waals surface area contributed by atoms with Gasteiger partial charge in [0.05, 0.1) is 0 Å². The summed E-state index contributed by atoms with van der Waals surface area (Å²) in [5, 5.41) is 1.02. The van der Waals surface area contributed by atoms with Gasteiger partial charge in [-0.3, -0.25) is 9.36 Å². The molecule has 0 amide bonds. The van der Waals surface area contributed by atoms with Gasteiger partial charge in [0.1, 0.15) is 12.0 Å². The lowest BCUT2D eigenvalue weighted by Crippen LogP contribution is -2.24. The van der Waals surface area contributed by atoms with Crippen LogP contribution in [0.4, 0.5) is 0 Å². The van der Waals surface area contributed by atoms with Gasteiger partial charge in [-0.2, -0.15) is 0 Å². The number of hydrogen-bond acceptors (Lipinski definition) is 3. The van der Waals surface area contributed by atoms with Crippen molar-refractivity contribution in [2.75, 3.05) is 0 Å². The van der Waals surface area contributed by atoms with Crippen molar-refractivity contribution in [1.82, 2.24) is 14.5 Å². The minimum atomic E-state index is 0.0879. The standard InChI is InChI=1S/C14H17N3O/c1-2-10-7-13(18)17(11-5-3-4-6-11)14-12(10)8-15-9-16-14/h7-9,11H,2-6H2,1H3. The third-order valence-corrected chi connectivity index (χ3v) is 3.87. The quantitative estimate of drug-likeness (QED) is 0.814. The van der Waals surface area contributed by atoms with E-state index in [1.165, 1.54) is 19.2 Å². The Morgan fingerprint density at radius 1 is 1.39 bits per heavy atom. The number of rotatable bonds is 2. The van der Waals surface area contributed by atoms with E-state index in [0.29, 0.717) is 6.04 Å². The molecule has 2 heterocycles. The van der Waals surface area contributed by atoms with E-state index in [1.54, 1.807) is 6.07 Å². The van der Waals surface area contributed by atoms with E-state index < -0.39 is 0 Å². The van der Waals surface area contributed by atoms with E-state index in [9.17, 15) is 4.79 Å². The Morgan fingerprint density at radius 2 is 2.17 bits per heavy atom. The first-order chi connectivity index (χ1) is 8.81. The Labute approximate surface area is 106 Å². The molecular weight excluding hydrogens is 226 g/mol. The lowest BCUT2D eigenvalue weighted by atomic mass is 10.1. The van der Waals surface area contributed by atoms with Gasteiger partial charge in [0.2, 0.25) is 0 Å². The van der Waals surface area contributed by atoms with Gasteiger partial charge in [-0.25, -0.2) is 9.97 Å². The summed E-state index contributed by atoms with van der Waals surface area (Å²) in [6.07, 6.45) is 8.79. The maximum absolute atomic E-state index is 12.3. The number of aryl methyl sites for hydroxylation is 1. The zero-order valence-electron chi connectivity index (χ0n) is 10.6. The summed E-state index contributed by atoms with van der Waals surface area (Å²) in [5.74, 6) is 0. The number of nitrogens with zero attached hydrogens (tertiary/aromatic N) is 3. The van der Waals surface area contributed by atoms with Crippen molar-refractivity contribution < 1.29 is 0 Å². The minimum absolute atomic E-state index is 0.0879. The lowest BCUT2D eigenvalue weighted by Gasteiger charge is -2.16. The Kier molecular flexibility index (Phi) is 2.86. The zero-order valence-corrected chi connectivity index (χ0v) is 10.6. The maximum Gasteiger partial charge on any atom is 0.252 e. The molecule has 0 bridgehead atoms. The third kappa shape index (κ3) is 1.72. The van der Waals surface area contributed by atoms with Crippen LogP contribution in [-0.2, 0) is 6.42 Å². The van der Waals surface area contributed by atoms with Gasteiger partial charge in [0.15, 0.2) is 0 Å². The highest BCUT2D eigenvalue weighted by atomic mass is 16.1. The highest BCUT2D eigenvalue weighted by Gasteiger charge is 2.21. The topological polar surface area (TPSA) is 47.8 Å². The first-order valence-electron chi connectivity index (χ1n) is 6.65. The summed E-state index contributed by atoms with van der Waals surface area (Å²) in [6.45, 7) is 2.06. The second kappa shape index (κ2) is 4.52. The Hall–Kier alpha value is -1.71. The molecule has 0 aliphatic heterocycles. The summed E-state index contributed by atoms with van der Waals surface area (Å²) in [7, 11) is 0. The molecule has 18 heavy (non-hydrogen) atoms. The van der Waals surface area contributed by atoms with Crippen LogP contribution in [0.1, 0.15) is 44.2 Å². The average molecular weight is 243 g/mol. The number of aromatic nitrogens is 3. The van der Waals surface area contributed by atoms with Crippen LogP contribution in [0, 0.1) is 0 Å². The van der Waals surface area contributed by atoms with Crippen LogP contribution in [-0.4, -0.2) is 14.5 Å². The highest BCUT2D eigenvalue weighted by Crippen LogP contribution is 2.30. The number of hydrogen-bond donors (Lipinski definition) is 0. The van der Waals surface area contributed by atoms with Crippen LogP contribution in [0.25, 0.3) is 11.0 Å². The maximum atomic E-state index is 12.3. The second-order valence-electron chi connectivity index (χ2n) is 4.93. The normalized spacial score (nSPS) is 16.5.